The molecule has 0 spiro atoms. The van der Waals surface area contributed by atoms with Gasteiger partial charge in [0.05, 0.1) is 18.8 Å². The second-order valence-corrected chi connectivity index (χ2v) is 9.74. The highest BCUT2D eigenvalue weighted by Crippen LogP contribution is 2.30. The Morgan fingerprint density at radius 1 is 0.829 bits per heavy atom. The summed E-state index contributed by atoms with van der Waals surface area (Å²) in [7, 11) is 0. The molecule has 1 atom stereocenters. The molecule has 0 radical (unpaired) electrons. The topological polar surface area (TPSA) is 44.8 Å². The lowest BCUT2D eigenvalue weighted by molar-refractivity contribution is 0.0498. The minimum atomic E-state index is -1.60. The number of rotatable bonds is 13. The number of carbonyl (C=O) groups is 1. The van der Waals surface area contributed by atoms with Gasteiger partial charge < -0.3 is 14.2 Å². The van der Waals surface area contributed by atoms with E-state index in [0.717, 1.165) is 30.4 Å². The molecule has 41 heavy (non-hydrogen) atoms. The molecule has 0 aliphatic rings. The number of hydrogen-bond donors (Lipinski definition) is 0. The van der Waals surface area contributed by atoms with Crippen LogP contribution in [-0.4, -0.2) is 19.2 Å². The highest BCUT2D eigenvalue weighted by Gasteiger charge is 2.26. The van der Waals surface area contributed by atoms with Gasteiger partial charge in [0.1, 0.15) is 17.9 Å². The van der Waals surface area contributed by atoms with Crippen LogP contribution >= 0.6 is 0 Å². The monoisotopic (exact) mass is 570 g/mol. The third kappa shape index (κ3) is 9.01. The fourth-order valence-corrected chi connectivity index (χ4v) is 3.63. The molecule has 3 rings (SSSR count). The molecule has 8 heteroatoms. The number of esters is 1. The Morgan fingerprint density at radius 3 is 2.07 bits per heavy atom. The zero-order chi connectivity index (χ0) is 29.8. The molecular formula is C33H34F4O4. The maximum atomic E-state index is 14.4. The van der Waals surface area contributed by atoms with Crippen LogP contribution in [0.15, 0.2) is 48.5 Å². The molecule has 3 aromatic rings. The predicted molar refractivity (Wildman–Crippen MR) is 149 cm³/mol. The fourth-order valence-electron chi connectivity index (χ4n) is 3.63. The van der Waals surface area contributed by atoms with Gasteiger partial charge in [-0.1, -0.05) is 76.1 Å². The van der Waals surface area contributed by atoms with Crippen molar-refractivity contribution in [3.63, 3.8) is 0 Å². The summed E-state index contributed by atoms with van der Waals surface area (Å²) < 4.78 is 73.6. The molecule has 0 N–H and O–H groups in total. The number of halogens is 4. The number of carbonyl (C=O) groups excluding carboxylic acids is 1. The van der Waals surface area contributed by atoms with Crippen molar-refractivity contribution in [2.24, 2.45) is 5.92 Å². The Hall–Kier alpha value is -3.99. The highest BCUT2D eigenvalue weighted by atomic mass is 19.2. The van der Waals surface area contributed by atoms with Crippen LogP contribution in [0.1, 0.15) is 73.5 Å². The average Bonchev–Trinajstić information content (AvgIpc) is 2.99. The van der Waals surface area contributed by atoms with Crippen molar-refractivity contribution in [3.8, 4) is 23.3 Å². The molecule has 0 saturated heterocycles. The van der Waals surface area contributed by atoms with Gasteiger partial charge in [0.25, 0.3) is 0 Å². The first-order valence-corrected chi connectivity index (χ1v) is 13.7. The Kier molecular flexibility index (Phi) is 12.1. The first-order chi connectivity index (χ1) is 19.7. The van der Waals surface area contributed by atoms with E-state index in [2.05, 4.69) is 18.8 Å². The van der Waals surface area contributed by atoms with Crippen molar-refractivity contribution in [2.45, 2.75) is 59.5 Å². The summed E-state index contributed by atoms with van der Waals surface area (Å²) in [4.78, 5) is 12.1. The van der Waals surface area contributed by atoms with Gasteiger partial charge in [-0.05, 0) is 47.7 Å². The molecule has 0 aliphatic carbocycles. The Bertz CT molecular complexity index is 1330. The molecule has 4 nitrogen and oxygen atoms in total. The van der Waals surface area contributed by atoms with Gasteiger partial charge >= 0.3 is 5.97 Å². The lowest BCUT2D eigenvalue weighted by atomic mass is 10.1. The van der Waals surface area contributed by atoms with Crippen molar-refractivity contribution in [1.29, 1.82) is 0 Å². The molecule has 0 heterocycles. The minimum absolute atomic E-state index is 0.0407. The SMILES string of the molecule is CCCCCOC(=O)c1ccc(OCc2ccc(CC#Cc3c(F)c(F)c(OC[C@@H](C)CC)c(F)c3F)cc2)cc1. The Balaban J connectivity index is 1.55. The van der Waals surface area contributed by atoms with E-state index in [1.54, 1.807) is 43.3 Å². The molecule has 218 valence electrons. The van der Waals surface area contributed by atoms with Gasteiger partial charge in [-0.2, -0.15) is 8.78 Å². The summed E-state index contributed by atoms with van der Waals surface area (Å²) in [6.45, 7) is 6.33. The lowest BCUT2D eigenvalue weighted by Gasteiger charge is -2.13. The largest absolute Gasteiger partial charge is 0.489 e. The number of ether oxygens (including phenoxy) is 3. The summed E-state index contributed by atoms with van der Waals surface area (Å²) in [5.41, 5.74) is 1.07. The number of hydrogen-bond acceptors (Lipinski definition) is 4. The van der Waals surface area contributed by atoms with Gasteiger partial charge in [-0.3, -0.25) is 0 Å². The summed E-state index contributed by atoms with van der Waals surface area (Å²) in [5.74, 6) is -2.47. The predicted octanol–water partition coefficient (Wildman–Crippen LogP) is 8.19. The molecule has 0 aromatic heterocycles. The molecule has 0 saturated carbocycles. The normalized spacial score (nSPS) is 11.4. The standard InChI is InChI=1S/C33H34F4O4/c1-4-6-7-19-39-33(38)25-15-17-26(18-16-25)40-21-24-13-11-23(12-14-24)9-8-10-27-28(34)30(36)32(31(37)29(27)35)41-20-22(3)5-2/h11-18,22H,4-7,9,19-21H2,1-3H3/t22-/m0/s1. The molecular weight excluding hydrogens is 536 g/mol. The van der Waals surface area contributed by atoms with Gasteiger partial charge in [-0.25, -0.2) is 13.6 Å². The van der Waals surface area contributed by atoms with Gasteiger partial charge in [0, 0.05) is 6.42 Å². The molecule has 0 aliphatic heterocycles. The quantitative estimate of drug-likeness (QED) is 0.0684. The van der Waals surface area contributed by atoms with Crippen LogP contribution in [0, 0.1) is 41.0 Å². The maximum absolute atomic E-state index is 14.4. The average molecular weight is 571 g/mol. The number of unbranched alkanes of at least 4 members (excludes halogenated alkanes) is 2. The van der Waals surface area contributed by atoms with Gasteiger partial charge in [-0.15, -0.1) is 0 Å². The van der Waals surface area contributed by atoms with Crippen molar-refractivity contribution in [3.05, 3.63) is 94.1 Å². The van der Waals surface area contributed by atoms with Crippen LogP contribution in [0.3, 0.4) is 0 Å². The van der Waals surface area contributed by atoms with Crippen LogP contribution in [0.25, 0.3) is 0 Å². The van der Waals surface area contributed by atoms with E-state index in [1.807, 2.05) is 19.1 Å². The van der Waals surface area contributed by atoms with Crippen LogP contribution in [0.5, 0.6) is 11.5 Å². The molecule has 0 bridgehead atoms. The van der Waals surface area contributed by atoms with Crippen molar-refractivity contribution in [2.75, 3.05) is 13.2 Å². The molecule has 0 amide bonds. The van der Waals surface area contributed by atoms with E-state index in [9.17, 15) is 22.4 Å². The Morgan fingerprint density at radius 2 is 1.46 bits per heavy atom. The second kappa shape index (κ2) is 15.7. The van der Waals surface area contributed by atoms with Crippen molar-refractivity contribution < 1.29 is 36.6 Å². The fraction of sp³-hybridized carbons (Fsp3) is 0.364. The molecule has 0 unspecified atom stereocenters. The zero-order valence-corrected chi connectivity index (χ0v) is 23.5. The van der Waals surface area contributed by atoms with Crippen molar-refractivity contribution in [1.82, 2.24) is 0 Å². The first-order valence-electron chi connectivity index (χ1n) is 13.7. The third-order valence-corrected chi connectivity index (χ3v) is 6.44. The Labute approximate surface area is 238 Å². The zero-order valence-electron chi connectivity index (χ0n) is 23.5. The first kappa shape index (κ1) is 31.5. The van der Waals surface area contributed by atoms with E-state index in [1.165, 1.54) is 0 Å². The number of benzene rings is 3. The highest BCUT2D eigenvalue weighted by molar-refractivity contribution is 5.89. The van der Waals surface area contributed by atoms with E-state index in [4.69, 9.17) is 14.2 Å². The summed E-state index contributed by atoms with van der Waals surface area (Å²) in [5, 5.41) is 0. The lowest BCUT2D eigenvalue weighted by Crippen LogP contribution is -2.12. The minimum Gasteiger partial charge on any atom is -0.489 e. The maximum Gasteiger partial charge on any atom is 0.338 e. The van der Waals surface area contributed by atoms with E-state index >= 15 is 0 Å². The summed E-state index contributed by atoms with van der Waals surface area (Å²) in [6, 6.07) is 13.8. The van der Waals surface area contributed by atoms with Crippen LogP contribution < -0.4 is 9.47 Å². The van der Waals surface area contributed by atoms with E-state index < -0.39 is 34.6 Å². The van der Waals surface area contributed by atoms with Crippen molar-refractivity contribution >= 4 is 5.97 Å². The summed E-state index contributed by atoms with van der Waals surface area (Å²) in [6.07, 6.45) is 3.69. The van der Waals surface area contributed by atoms with Gasteiger partial charge in [0.2, 0.25) is 11.6 Å². The molecule has 3 aromatic carbocycles. The van der Waals surface area contributed by atoms with Crippen LogP contribution in [0.2, 0.25) is 0 Å². The van der Waals surface area contributed by atoms with Gasteiger partial charge in [0.15, 0.2) is 17.4 Å². The third-order valence-electron chi connectivity index (χ3n) is 6.44. The molecule has 0 fully saturated rings. The van der Waals surface area contributed by atoms with E-state index in [-0.39, 0.29) is 31.5 Å². The smallest absolute Gasteiger partial charge is 0.338 e. The summed E-state index contributed by atoms with van der Waals surface area (Å²) >= 11 is 0. The van der Waals surface area contributed by atoms with Crippen LogP contribution in [0.4, 0.5) is 17.6 Å². The van der Waals surface area contributed by atoms with Crippen LogP contribution in [-0.2, 0) is 17.8 Å². The second-order valence-electron chi connectivity index (χ2n) is 9.74. The van der Waals surface area contributed by atoms with E-state index in [0.29, 0.717) is 24.3 Å².